The van der Waals surface area contributed by atoms with Crippen molar-refractivity contribution in [2.45, 2.75) is 26.2 Å². The van der Waals surface area contributed by atoms with Gasteiger partial charge in [0.1, 0.15) is 10.8 Å². The molecular weight excluding hydrogens is 464 g/mol. The first-order chi connectivity index (χ1) is 17.4. The summed E-state index contributed by atoms with van der Waals surface area (Å²) in [6.07, 6.45) is 0. The lowest BCUT2D eigenvalue weighted by molar-refractivity contribution is -0.118. The van der Waals surface area contributed by atoms with E-state index >= 15 is 0 Å². The van der Waals surface area contributed by atoms with Gasteiger partial charge in [0.2, 0.25) is 0 Å². The molecule has 0 unspecified atom stereocenters. The van der Waals surface area contributed by atoms with Crippen molar-refractivity contribution >= 4 is 33.1 Å². The number of fused-ring (bicyclic) bond motifs is 1. The number of amides is 1. The molecule has 0 spiro atoms. The van der Waals surface area contributed by atoms with Gasteiger partial charge >= 0.3 is 0 Å². The first-order valence-corrected chi connectivity index (χ1v) is 12.8. The second-order valence-corrected chi connectivity index (χ2v) is 10.5. The lowest BCUT2D eigenvalue weighted by Gasteiger charge is -2.26. The number of thiazole rings is 1. The summed E-state index contributed by atoms with van der Waals surface area (Å²) in [5.41, 5.74) is 6.31. The molecular formula is C31H28N2O2S. The van der Waals surface area contributed by atoms with Crippen molar-refractivity contribution in [1.29, 1.82) is 0 Å². The van der Waals surface area contributed by atoms with Gasteiger partial charge in [0.25, 0.3) is 5.91 Å². The number of benzene rings is 4. The van der Waals surface area contributed by atoms with E-state index in [1.165, 1.54) is 21.4 Å². The summed E-state index contributed by atoms with van der Waals surface area (Å²) in [6, 6.07) is 32.4. The first-order valence-electron chi connectivity index (χ1n) is 11.9. The van der Waals surface area contributed by atoms with Crippen LogP contribution in [0.25, 0.3) is 20.8 Å². The van der Waals surface area contributed by atoms with E-state index in [1.807, 2.05) is 42.5 Å². The van der Waals surface area contributed by atoms with Crippen molar-refractivity contribution in [2.75, 3.05) is 11.9 Å². The number of rotatable bonds is 7. The van der Waals surface area contributed by atoms with Crippen LogP contribution in [-0.4, -0.2) is 17.5 Å². The molecule has 0 aliphatic rings. The molecule has 0 aliphatic heterocycles. The van der Waals surface area contributed by atoms with E-state index in [-0.39, 0.29) is 17.9 Å². The van der Waals surface area contributed by atoms with E-state index < -0.39 is 0 Å². The van der Waals surface area contributed by atoms with Crippen LogP contribution in [0.15, 0.2) is 97.1 Å². The van der Waals surface area contributed by atoms with Crippen LogP contribution in [0.5, 0.6) is 5.75 Å². The molecule has 0 saturated carbocycles. The number of carbonyl (C=O) groups is 1. The summed E-state index contributed by atoms with van der Waals surface area (Å²) in [4.78, 5) is 17.2. The van der Waals surface area contributed by atoms with Crippen molar-refractivity contribution < 1.29 is 9.53 Å². The van der Waals surface area contributed by atoms with Crippen LogP contribution in [-0.2, 0) is 10.2 Å². The third kappa shape index (κ3) is 5.16. The van der Waals surface area contributed by atoms with Crippen LogP contribution >= 0.6 is 11.3 Å². The highest BCUT2D eigenvalue weighted by Crippen LogP contribution is 2.33. The summed E-state index contributed by atoms with van der Waals surface area (Å²) in [5.74, 6) is 0.464. The number of aromatic nitrogens is 1. The SMILES string of the molecule is Cc1ccc2nc(-c3ccc(NC(=O)COc4ccc(C(C)(C)c5ccccc5)cc4)cc3)sc2c1. The lowest BCUT2D eigenvalue weighted by Crippen LogP contribution is -2.20. The van der Waals surface area contributed by atoms with Crippen molar-refractivity contribution in [1.82, 2.24) is 4.98 Å². The summed E-state index contributed by atoms with van der Waals surface area (Å²) >= 11 is 1.67. The van der Waals surface area contributed by atoms with Gasteiger partial charge in [-0.25, -0.2) is 4.98 Å². The number of nitrogens with one attached hydrogen (secondary N) is 1. The number of anilines is 1. The molecule has 36 heavy (non-hydrogen) atoms. The zero-order valence-electron chi connectivity index (χ0n) is 20.6. The molecule has 0 aliphatic carbocycles. The maximum atomic E-state index is 12.5. The molecule has 4 aromatic carbocycles. The molecule has 1 heterocycles. The van der Waals surface area contributed by atoms with Crippen molar-refractivity contribution in [2.24, 2.45) is 0 Å². The average Bonchev–Trinajstić information content (AvgIpc) is 3.32. The maximum absolute atomic E-state index is 12.5. The van der Waals surface area contributed by atoms with Crippen LogP contribution in [0.3, 0.4) is 0 Å². The van der Waals surface area contributed by atoms with E-state index in [0.29, 0.717) is 5.75 Å². The molecule has 180 valence electrons. The minimum Gasteiger partial charge on any atom is -0.484 e. The number of aryl methyl sites for hydroxylation is 1. The van der Waals surface area contributed by atoms with Gasteiger partial charge in [0.05, 0.1) is 10.2 Å². The number of nitrogens with zero attached hydrogens (tertiary/aromatic N) is 1. The van der Waals surface area contributed by atoms with Crippen LogP contribution in [0.1, 0.15) is 30.5 Å². The van der Waals surface area contributed by atoms with Gasteiger partial charge in [-0.15, -0.1) is 11.3 Å². The zero-order chi connectivity index (χ0) is 25.1. The molecule has 1 N–H and O–H groups in total. The number of ether oxygens (including phenoxy) is 1. The van der Waals surface area contributed by atoms with Crippen LogP contribution in [0.2, 0.25) is 0 Å². The Bertz CT molecular complexity index is 1490. The van der Waals surface area contributed by atoms with E-state index in [1.54, 1.807) is 11.3 Å². The molecule has 0 saturated heterocycles. The molecule has 0 fully saturated rings. The fraction of sp³-hybridized carbons (Fsp3) is 0.161. The van der Waals surface area contributed by atoms with Gasteiger partial charge in [-0.2, -0.15) is 0 Å². The van der Waals surface area contributed by atoms with Gasteiger partial charge in [-0.1, -0.05) is 62.4 Å². The normalized spacial score (nSPS) is 11.4. The van der Waals surface area contributed by atoms with Crippen molar-refractivity contribution in [3.05, 3.63) is 114 Å². The van der Waals surface area contributed by atoms with Gasteiger partial charge in [0.15, 0.2) is 6.61 Å². The summed E-state index contributed by atoms with van der Waals surface area (Å²) in [7, 11) is 0. The van der Waals surface area contributed by atoms with Gasteiger partial charge in [-0.05, 0) is 72.1 Å². The molecule has 5 aromatic rings. The molecule has 0 bridgehead atoms. The van der Waals surface area contributed by atoms with Crippen LogP contribution in [0, 0.1) is 6.92 Å². The first kappa shape index (κ1) is 23.8. The quantitative estimate of drug-likeness (QED) is 0.254. The Balaban J connectivity index is 1.17. The number of carbonyl (C=O) groups excluding carboxylic acids is 1. The van der Waals surface area contributed by atoms with Crippen molar-refractivity contribution in [3.8, 4) is 16.3 Å². The largest absolute Gasteiger partial charge is 0.484 e. The van der Waals surface area contributed by atoms with E-state index in [2.05, 4.69) is 80.7 Å². The second-order valence-electron chi connectivity index (χ2n) is 9.42. The summed E-state index contributed by atoms with van der Waals surface area (Å²) in [5, 5.41) is 3.87. The predicted molar refractivity (Wildman–Crippen MR) is 149 cm³/mol. The summed E-state index contributed by atoms with van der Waals surface area (Å²) < 4.78 is 6.91. The Hall–Kier alpha value is -3.96. The van der Waals surface area contributed by atoms with Crippen LogP contribution in [0.4, 0.5) is 5.69 Å². The Morgan fingerprint density at radius 3 is 2.31 bits per heavy atom. The Morgan fingerprint density at radius 1 is 0.889 bits per heavy atom. The van der Waals surface area contributed by atoms with Gasteiger partial charge in [-0.3, -0.25) is 4.79 Å². The van der Waals surface area contributed by atoms with Gasteiger partial charge < -0.3 is 10.1 Å². The summed E-state index contributed by atoms with van der Waals surface area (Å²) in [6.45, 7) is 6.44. The predicted octanol–water partition coefficient (Wildman–Crippen LogP) is 7.62. The highest BCUT2D eigenvalue weighted by atomic mass is 32.1. The number of hydrogen-bond acceptors (Lipinski definition) is 4. The van der Waals surface area contributed by atoms with Crippen LogP contribution < -0.4 is 10.1 Å². The topological polar surface area (TPSA) is 51.2 Å². The Kier molecular flexibility index (Phi) is 6.57. The highest BCUT2D eigenvalue weighted by Gasteiger charge is 2.22. The molecule has 4 nitrogen and oxygen atoms in total. The number of hydrogen-bond donors (Lipinski definition) is 1. The van der Waals surface area contributed by atoms with Gasteiger partial charge in [0, 0.05) is 16.7 Å². The molecule has 0 radical (unpaired) electrons. The minimum atomic E-state index is -0.202. The third-order valence-corrected chi connectivity index (χ3v) is 7.47. The maximum Gasteiger partial charge on any atom is 0.262 e. The molecule has 5 heteroatoms. The Morgan fingerprint density at radius 2 is 1.58 bits per heavy atom. The zero-order valence-corrected chi connectivity index (χ0v) is 21.4. The minimum absolute atomic E-state index is 0.0552. The molecule has 5 rings (SSSR count). The molecule has 0 atom stereocenters. The average molecular weight is 493 g/mol. The highest BCUT2D eigenvalue weighted by molar-refractivity contribution is 7.21. The molecule has 1 aromatic heterocycles. The fourth-order valence-corrected chi connectivity index (χ4v) is 5.26. The van der Waals surface area contributed by atoms with Crippen molar-refractivity contribution in [3.63, 3.8) is 0 Å². The molecule has 1 amide bonds. The van der Waals surface area contributed by atoms with E-state index in [4.69, 9.17) is 9.72 Å². The smallest absolute Gasteiger partial charge is 0.262 e. The fourth-order valence-electron chi connectivity index (χ4n) is 4.19. The van der Waals surface area contributed by atoms with E-state index in [9.17, 15) is 4.79 Å². The lowest BCUT2D eigenvalue weighted by atomic mass is 9.78. The second kappa shape index (κ2) is 9.96. The third-order valence-electron chi connectivity index (χ3n) is 6.40. The standard InChI is InChI=1S/C31H28N2O2S/c1-21-9-18-27-28(19-21)36-30(33-27)22-10-14-25(15-11-22)32-29(34)20-35-26-16-12-24(13-17-26)31(2,3)23-7-5-4-6-8-23/h4-19H,20H2,1-3H3,(H,32,34). The Labute approximate surface area is 215 Å². The van der Waals surface area contributed by atoms with E-state index in [0.717, 1.165) is 21.8 Å². The monoisotopic (exact) mass is 492 g/mol.